The summed E-state index contributed by atoms with van der Waals surface area (Å²) in [4.78, 5) is 0. The zero-order valence-corrected chi connectivity index (χ0v) is 12.8. The zero-order valence-electron chi connectivity index (χ0n) is 12.1. The summed E-state index contributed by atoms with van der Waals surface area (Å²) in [5.74, 6) is -0.742. The predicted molar refractivity (Wildman–Crippen MR) is 82.7 cm³/mol. The Labute approximate surface area is 128 Å². The molecule has 0 saturated heterocycles. The quantitative estimate of drug-likeness (QED) is 0.818. The molecule has 0 saturated carbocycles. The summed E-state index contributed by atoms with van der Waals surface area (Å²) in [6.45, 7) is 4.47. The molecule has 0 bridgehead atoms. The van der Waals surface area contributed by atoms with Gasteiger partial charge in [0.25, 0.3) is 0 Å². The highest BCUT2D eigenvalue weighted by Crippen LogP contribution is 2.30. The Morgan fingerprint density at radius 3 is 2.57 bits per heavy atom. The van der Waals surface area contributed by atoms with Crippen LogP contribution in [0, 0.1) is 18.6 Å². The van der Waals surface area contributed by atoms with Crippen molar-refractivity contribution in [1.29, 1.82) is 0 Å². The summed E-state index contributed by atoms with van der Waals surface area (Å²) in [7, 11) is 0. The second-order valence-corrected chi connectivity index (χ2v) is 5.42. The fraction of sp³-hybridized carbons (Fsp3) is 0.294. The monoisotopic (exact) mass is 309 g/mol. The third kappa shape index (κ3) is 3.60. The average Bonchev–Trinajstić information content (AvgIpc) is 2.47. The molecular formula is C17H18ClF2N. The Bertz CT molecular complexity index is 628. The van der Waals surface area contributed by atoms with Gasteiger partial charge in [-0.05, 0) is 48.7 Å². The number of halogens is 3. The maximum absolute atomic E-state index is 13.8. The Morgan fingerprint density at radius 2 is 1.90 bits per heavy atom. The van der Waals surface area contributed by atoms with Crippen LogP contribution in [0.3, 0.4) is 0 Å². The van der Waals surface area contributed by atoms with E-state index in [1.807, 2.05) is 13.0 Å². The van der Waals surface area contributed by atoms with Crippen molar-refractivity contribution in [3.8, 4) is 0 Å². The molecule has 2 aromatic carbocycles. The second-order valence-electron chi connectivity index (χ2n) is 5.04. The SMILES string of the molecule is CCCNC(c1ccc(C)c(F)c1)c1cccc(F)c1Cl. The lowest BCUT2D eigenvalue weighted by Crippen LogP contribution is -2.24. The van der Waals surface area contributed by atoms with Crippen molar-refractivity contribution in [2.24, 2.45) is 0 Å². The molecular weight excluding hydrogens is 292 g/mol. The van der Waals surface area contributed by atoms with E-state index in [1.165, 1.54) is 12.1 Å². The van der Waals surface area contributed by atoms with Crippen LogP contribution in [-0.4, -0.2) is 6.54 Å². The standard InChI is InChI=1S/C17H18ClF2N/c1-3-9-21-17(12-8-7-11(2)15(20)10-12)13-5-4-6-14(19)16(13)18/h4-8,10,17,21H,3,9H2,1-2H3. The van der Waals surface area contributed by atoms with Crippen molar-refractivity contribution in [3.63, 3.8) is 0 Å². The van der Waals surface area contributed by atoms with Gasteiger partial charge < -0.3 is 5.32 Å². The van der Waals surface area contributed by atoms with Gasteiger partial charge in [-0.2, -0.15) is 0 Å². The van der Waals surface area contributed by atoms with Gasteiger partial charge in [-0.25, -0.2) is 8.78 Å². The first kappa shape index (κ1) is 15.9. The van der Waals surface area contributed by atoms with E-state index in [0.717, 1.165) is 18.5 Å². The van der Waals surface area contributed by atoms with Gasteiger partial charge in [-0.3, -0.25) is 0 Å². The van der Waals surface area contributed by atoms with Gasteiger partial charge in [0.15, 0.2) is 0 Å². The minimum atomic E-state index is -0.468. The summed E-state index contributed by atoms with van der Waals surface area (Å²) in [5, 5.41) is 3.37. The highest BCUT2D eigenvalue weighted by molar-refractivity contribution is 6.31. The van der Waals surface area contributed by atoms with Gasteiger partial charge >= 0.3 is 0 Å². The third-order valence-electron chi connectivity index (χ3n) is 3.42. The lowest BCUT2D eigenvalue weighted by Gasteiger charge is -2.21. The summed E-state index contributed by atoms with van der Waals surface area (Å²) in [6, 6.07) is 9.40. The molecule has 0 aliphatic carbocycles. The van der Waals surface area contributed by atoms with Crippen LogP contribution in [0.4, 0.5) is 8.78 Å². The zero-order chi connectivity index (χ0) is 15.4. The van der Waals surface area contributed by atoms with E-state index in [4.69, 9.17) is 11.6 Å². The number of benzene rings is 2. The van der Waals surface area contributed by atoms with E-state index in [-0.39, 0.29) is 16.9 Å². The fourth-order valence-corrected chi connectivity index (χ4v) is 2.46. The van der Waals surface area contributed by atoms with Crippen molar-refractivity contribution in [3.05, 3.63) is 69.7 Å². The fourth-order valence-electron chi connectivity index (χ4n) is 2.23. The van der Waals surface area contributed by atoms with Gasteiger partial charge in [0.2, 0.25) is 0 Å². The topological polar surface area (TPSA) is 12.0 Å². The molecule has 1 unspecified atom stereocenters. The number of rotatable bonds is 5. The number of hydrogen-bond acceptors (Lipinski definition) is 1. The summed E-state index contributed by atoms with van der Waals surface area (Å²) >= 11 is 6.08. The van der Waals surface area contributed by atoms with Gasteiger partial charge in [-0.1, -0.05) is 42.8 Å². The van der Waals surface area contributed by atoms with Gasteiger partial charge in [0, 0.05) is 0 Å². The molecule has 0 spiro atoms. The molecule has 21 heavy (non-hydrogen) atoms. The van der Waals surface area contributed by atoms with Gasteiger partial charge in [0.1, 0.15) is 11.6 Å². The lowest BCUT2D eigenvalue weighted by atomic mass is 9.97. The summed E-state index contributed by atoms with van der Waals surface area (Å²) in [6.07, 6.45) is 0.914. The molecule has 2 rings (SSSR count). The van der Waals surface area contributed by atoms with Crippen molar-refractivity contribution >= 4 is 11.6 Å². The molecule has 0 amide bonds. The normalized spacial score (nSPS) is 12.4. The van der Waals surface area contributed by atoms with Crippen molar-refractivity contribution in [2.75, 3.05) is 6.54 Å². The second kappa shape index (κ2) is 7.01. The predicted octanol–water partition coefficient (Wildman–Crippen LogP) is 5.02. The summed E-state index contributed by atoms with van der Waals surface area (Å²) < 4.78 is 27.5. The number of hydrogen-bond donors (Lipinski definition) is 1. The van der Waals surface area contributed by atoms with Crippen LogP contribution < -0.4 is 5.32 Å². The van der Waals surface area contributed by atoms with E-state index in [0.29, 0.717) is 11.1 Å². The summed E-state index contributed by atoms with van der Waals surface area (Å²) in [5.41, 5.74) is 1.94. The molecule has 0 aliphatic heterocycles. The van der Waals surface area contributed by atoms with E-state index >= 15 is 0 Å². The van der Waals surface area contributed by atoms with Crippen LogP contribution in [0.5, 0.6) is 0 Å². The Kier molecular flexibility index (Phi) is 5.32. The Balaban J connectivity index is 2.47. The number of nitrogens with one attached hydrogen (secondary N) is 1. The Hall–Kier alpha value is -1.45. The van der Waals surface area contributed by atoms with E-state index in [1.54, 1.807) is 25.1 Å². The van der Waals surface area contributed by atoms with Crippen LogP contribution in [0.25, 0.3) is 0 Å². The molecule has 112 valence electrons. The molecule has 1 N–H and O–H groups in total. The van der Waals surface area contributed by atoms with Crippen molar-refractivity contribution in [1.82, 2.24) is 5.32 Å². The molecule has 2 aromatic rings. The van der Waals surface area contributed by atoms with Gasteiger partial charge in [0.05, 0.1) is 11.1 Å². The van der Waals surface area contributed by atoms with Crippen LogP contribution in [0.1, 0.15) is 36.1 Å². The van der Waals surface area contributed by atoms with Crippen LogP contribution in [0.15, 0.2) is 36.4 Å². The largest absolute Gasteiger partial charge is 0.306 e. The molecule has 0 heterocycles. The van der Waals surface area contributed by atoms with Gasteiger partial charge in [-0.15, -0.1) is 0 Å². The van der Waals surface area contributed by atoms with E-state index in [9.17, 15) is 8.78 Å². The Morgan fingerprint density at radius 1 is 1.14 bits per heavy atom. The highest BCUT2D eigenvalue weighted by Gasteiger charge is 2.19. The third-order valence-corrected chi connectivity index (χ3v) is 3.82. The van der Waals surface area contributed by atoms with E-state index < -0.39 is 5.82 Å². The average molecular weight is 310 g/mol. The molecule has 0 radical (unpaired) electrons. The maximum Gasteiger partial charge on any atom is 0.142 e. The first-order valence-corrected chi connectivity index (χ1v) is 7.35. The molecule has 0 aromatic heterocycles. The molecule has 0 aliphatic rings. The highest BCUT2D eigenvalue weighted by atomic mass is 35.5. The minimum absolute atomic E-state index is 0.0760. The van der Waals surface area contributed by atoms with Crippen LogP contribution >= 0.6 is 11.6 Å². The lowest BCUT2D eigenvalue weighted by molar-refractivity contribution is 0.575. The molecule has 0 fully saturated rings. The molecule has 1 atom stereocenters. The minimum Gasteiger partial charge on any atom is -0.306 e. The van der Waals surface area contributed by atoms with E-state index in [2.05, 4.69) is 5.32 Å². The maximum atomic E-state index is 13.8. The first-order valence-electron chi connectivity index (χ1n) is 6.98. The first-order chi connectivity index (χ1) is 10.0. The van der Waals surface area contributed by atoms with Crippen molar-refractivity contribution < 1.29 is 8.78 Å². The van der Waals surface area contributed by atoms with Crippen LogP contribution in [0.2, 0.25) is 5.02 Å². The van der Waals surface area contributed by atoms with Crippen molar-refractivity contribution in [2.45, 2.75) is 26.3 Å². The molecule has 1 nitrogen and oxygen atoms in total. The smallest absolute Gasteiger partial charge is 0.142 e. The molecule has 4 heteroatoms. The van der Waals surface area contributed by atoms with Crippen LogP contribution in [-0.2, 0) is 0 Å². The number of aryl methyl sites for hydroxylation is 1.